The van der Waals surface area contributed by atoms with Crippen LogP contribution in [0.15, 0.2) is 79.7 Å². The van der Waals surface area contributed by atoms with Gasteiger partial charge in [0.15, 0.2) is 11.5 Å². The van der Waals surface area contributed by atoms with Gasteiger partial charge in [-0.3, -0.25) is 9.13 Å². The molecule has 4 aromatic heterocycles. The number of hydrogen-bond donors (Lipinski definition) is 0. The quantitative estimate of drug-likeness (QED) is 0.0236. The molecule has 24 nitrogen and oxygen atoms in total. The summed E-state index contributed by atoms with van der Waals surface area (Å²) < 4.78 is 95.5. The first kappa shape index (κ1) is 57.9. The maximum absolute atomic E-state index is 13.9. The molecule has 0 unspecified atom stereocenters. The third-order valence-corrected chi connectivity index (χ3v) is 19.2. The van der Waals surface area contributed by atoms with Gasteiger partial charge in [-0.05, 0) is 99.4 Å². The molecular weight excluding hydrogens is 1030 g/mol. The third kappa shape index (κ3) is 13.4. The normalized spacial score (nSPS) is 12.6. The second kappa shape index (κ2) is 24.4. The molecule has 6 aromatic rings. The van der Waals surface area contributed by atoms with Crippen LogP contribution in [0.5, 0.6) is 23.0 Å². The maximum Gasteiger partial charge on any atom is 0.246 e. The fraction of sp³-hybridized carbons (Fsp3) is 0.478. The summed E-state index contributed by atoms with van der Waals surface area (Å²) in [7, 11) is -5.38. The predicted molar refractivity (Wildman–Crippen MR) is 290 cm³/mol. The van der Waals surface area contributed by atoms with Crippen LogP contribution in [0.2, 0.25) is 51.4 Å². The van der Waals surface area contributed by atoms with E-state index < -0.39 is 46.7 Å². The van der Waals surface area contributed by atoms with E-state index in [9.17, 15) is 16.8 Å². The molecule has 0 N–H and O–H groups in total. The monoisotopic (exact) mass is 1090 g/mol. The van der Waals surface area contributed by atoms with E-state index in [4.69, 9.17) is 38.8 Å². The lowest BCUT2D eigenvalue weighted by Gasteiger charge is -2.29. The van der Waals surface area contributed by atoms with E-state index >= 15 is 0 Å². The Morgan fingerprint density at radius 2 is 0.905 bits per heavy atom. The van der Waals surface area contributed by atoms with Gasteiger partial charge in [-0.2, -0.15) is 0 Å². The van der Waals surface area contributed by atoms with Crippen molar-refractivity contribution in [2.45, 2.75) is 89.6 Å². The number of para-hydroxylation sites is 2. The van der Waals surface area contributed by atoms with Gasteiger partial charge < -0.3 is 27.8 Å². The molecule has 0 aliphatic heterocycles. The number of anilines is 2. The first-order valence-corrected chi connectivity index (χ1v) is 33.8. The van der Waals surface area contributed by atoms with Gasteiger partial charge in [-0.25, -0.2) is 25.4 Å². The minimum atomic E-state index is -4.03. The average molecular weight is 1100 g/mol. The number of rotatable bonds is 24. The number of azide groups is 2. The van der Waals surface area contributed by atoms with Gasteiger partial charge in [0.2, 0.25) is 43.6 Å². The third-order valence-electron chi connectivity index (χ3n) is 11.5. The highest BCUT2D eigenvalue weighted by atomic mass is 32.2. The van der Waals surface area contributed by atoms with Gasteiger partial charge in [-0.1, -0.05) is 61.6 Å². The van der Waals surface area contributed by atoms with Crippen molar-refractivity contribution in [1.82, 2.24) is 29.5 Å². The van der Waals surface area contributed by atoms with Gasteiger partial charge in [0.05, 0.1) is 38.9 Å². The Hall–Kier alpha value is -6.97. The molecule has 0 bridgehead atoms. The molecule has 0 spiro atoms. The number of aromatic nitrogens is 6. The number of hydrogen-bond acceptors (Lipinski definition) is 16. The SMILES string of the molecule is COc1cccc(OC)c1-n1c(-c2ccc(C)o2)nnc1N(CC[Si](C)(C)C)S(=O)(=O)[C@@H](C)CN=[N+]=[N-].COc1cccc(OC)c1-n1c(-c2ccc(C)o2)nnc1N(CC[Si](C)(C)C)S(=O)(=O)[C@H](C)CN=[N+]=[N-]. The summed E-state index contributed by atoms with van der Waals surface area (Å²) in [4.78, 5) is 5.47. The van der Waals surface area contributed by atoms with E-state index in [-0.39, 0.29) is 49.7 Å². The highest BCUT2D eigenvalue weighted by molar-refractivity contribution is 7.93. The highest BCUT2D eigenvalue weighted by Gasteiger charge is 2.38. The Balaban J connectivity index is 0.000000274. The summed E-state index contributed by atoms with van der Waals surface area (Å²) >= 11 is 0. The number of benzene rings is 2. The topological polar surface area (TPSA) is 297 Å². The van der Waals surface area contributed by atoms with Gasteiger partial charge in [0.1, 0.15) is 45.9 Å². The van der Waals surface area contributed by atoms with Crippen molar-refractivity contribution >= 4 is 48.1 Å². The Bertz CT molecular complexity index is 2950. The van der Waals surface area contributed by atoms with E-state index in [0.29, 0.717) is 69.5 Å². The number of nitrogens with zero attached hydrogens (tertiary/aromatic N) is 14. The molecular formula is C46H66N14O10S2Si2. The van der Waals surface area contributed by atoms with E-state index in [2.05, 4.69) is 79.7 Å². The van der Waals surface area contributed by atoms with Gasteiger partial charge in [0, 0.05) is 52.2 Å². The first-order valence-electron chi connectivity index (χ1n) is 23.4. The van der Waals surface area contributed by atoms with E-state index in [0.717, 1.165) is 0 Å². The number of methoxy groups -OCH3 is 4. The molecule has 74 heavy (non-hydrogen) atoms. The molecule has 4 heterocycles. The van der Waals surface area contributed by atoms with Crippen molar-refractivity contribution in [3.8, 4) is 57.5 Å². The fourth-order valence-electron chi connectivity index (χ4n) is 7.30. The van der Waals surface area contributed by atoms with Crippen molar-refractivity contribution < 1.29 is 44.6 Å². The number of furan rings is 2. The van der Waals surface area contributed by atoms with E-state index in [1.807, 2.05) is 0 Å². The zero-order valence-corrected chi connectivity index (χ0v) is 48.0. The van der Waals surface area contributed by atoms with E-state index in [1.165, 1.54) is 50.9 Å². The summed E-state index contributed by atoms with van der Waals surface area (Å²) in [6.07, 6.45) is 0. The van der Waals surface area contributed by atoms with Crippen molar-refractivity contribution in [3.63, 3.8) is 0 Å². The number of sulfonamides is 2. The molecule has 0 fully saturated rings. The van der Waals surface area contributed by atoms with Gasteiger partial charge in [0.25, 0.3) is 0 Å². The second-order valence-corrected chi connectivity index (χ2v) is 35.3. The predicted octanol–water partition coefficient (Wildman–Crippen LogP) is 10.1. The fourth-order valence-corrected chi connectivity index (χ4v) is 12.2. The lowest BCUT2D eigenvalue weighted by atomic mass is 10.2. The standard InChI is InChI=1S/2C23H33N7O5SSi/c2*1-16-11-12-20(35-16)22-26-27-23(30(22)21-18(33-3)9-8-10-19(21)34-4)29(13-14-37(5,6)7)36(31,32)17(2)15-25-28-24/h2*8-12,17H,13-15H2,1-7H3/t2*17-/m10/s1. The van der Waals surface area contributed by atoms with Crippen molar-refractivity contribution in [1.29, 1.82) is 0 Å². The zero-order chi connectivity index (χ0) is 54.8. The van der Waals surface area contributed by atoms with Crippen LogP contribution in [0.25, 0.3) is 55.4 Å². The summed E-state index contributed by atoms with van der Waals surface area (Å²) in [6.45, 7) is 19.5. The molecule has 0 aliphatic rings. The van der Waals surface area contributed by atoms with Crippen LogP contribution in [0.4, 0.5) is 11.9 Å². The second-order valence-electron chi connectivity index (χ2n) is 19.5. The van der Waals surface area contributed by atoms with Crippen LogP contribution in [0.1, 0.15) is 25.4 Å². The molecule has 2 aromatic carbocycles. The Morgan fingerprint density at radius 3 is 1.16 bits per heavy atom. The molecule has 0 radical (unpaired) electrons. The van der Waals surface area contributed by atoms with Gasteiger partial charge in [-0.15, -0.1) is 20.4 Å². The summed E-state index contributed by atoms with van der Waals surface area (Å²) in [5, 5.41) is 22.4. The van der Waals surface area contributed by atoms with Crippen molar-refractivity contribution in [2.75, 3.05) is 63.2 Å². The van der Waals surface area contributed by atoms with Crippen LogP contribution < -0.4 is 27.6 Å². The smallest absolute Gasteiger partial charge is 0.246 e. The molecule has 28 heteroatoms. The summed E-state index contributed by atoms with van der Waals surface area (Å²) in [6, 6.07) is 18.9. The number of aryl methyl sites for hydroxylation is 2. The maximum atomic E-state index is 13.9. The molecule has 0 saturated carbocycles. The largest absolute Gasteiger partial charge is 0.494 e. The molecule has 2 atom stereocenters. The van der Waals surface area contributed by atoms with E-state index in [1.54, 1.807) is 83.6 Å². The van der Waals surface area contributed by atoms with Gasteiger partial charge >= 0.3 is 0 Å². The lowest BCUT2D eigenvalue weighted by molar-refractivity contribution is 0.391. The summed E-state index contributed by atoms with van der Waals surface area (Å²) in [5.74, 6) is 4.48. The summed E-state index contributed by atoms with van der Waals surface area (Å²) in [5.41, 5.74) is 18.4. The molecule has 0 amide bonds. The van der Waals surface area contributed by atoms with Crippen molar-refractivity contribution in [3.05, 3.63) is 93.1 Å². The minimum absolute atomic E-state index is 0.0536. The first-order chi connectivity index (χ1) is 34.9. The Labute approximate surface area is 434 Å². The van der Waals surface area contributed by atoms with Crippen LogP contribution >= 0.6 is 0 Å². The van der Waals surface area contributed by atoms with Crippen LogP contribution in [-0.2, 0) is 20.0 Å². The van der Waals surface area contributed by atoms with Crippen LogP contribution in [-0.4, -0.2) is 128 Å². The average Bonchev–Trinajstić information content (AvgIpc) is 4.18. The van der Waals surface area contributed by atoms with Crippen molar-refractivity contribution in [2.24, 2.45) is 10.2 Å². The Kier molecular flexibility index (Phi) is 19.1. The van der Waals surface area contributed by atoms with Crippen LogP contribution in [0.3, 0.4) is 0 Å². The molecule has 6 rings (SSSR count). The lowest BCUT2D eigenvalue weighted by Crippen LogP contribution is -2.43. The zero-order valence-electron chi connectivity index (χ0n) is 44.3. The molecule has 400 valence electrons. The minimum Gasteiger partial charge on any atom is -0.494 e. The number of ether oxygens (including phenoxy) is 4. The van der Waals surface area contributed by atoms with Crippen LogP contribution in [0, 0.1) is 13.8 Å². The molecule has 0 saturated heterocycles. The molecule has 0 aliphatic carbocycles. The highest BCUT2D eigenvalue weighted by Crippen LogP contribution is 2.42. The Morgan fingerprint density at radius 1 is 0.581 bits per heavy atom.